The summed E-state index contributed by atoms with van der Waals surface area (Å²) in [6.07, 6.45) is 6.38. The molecule has 2 N–H and O–H groups in total. The smallest absolute Gasteiger partial charge is 0.0773 e. The third kappa shape index (κ3) is 2.55. The Balaban J connectivity index is 1.78. The van der Waals surface area contributed by atoms with E-state index in [1.165, 1.54) is 0 Å². The molecule has 1 fully saturated rings. The van der Waals surface area contributed by atoms with Gasteiger partial charge in [0.05, 0.1) is 30.1 Å². The second-order valence-corrected chi connectivity index (χ2v) is 5.14. The fourth-order valence-electron chi connectivity index (χ4n) is 2.54. The molecule has 2 aromatic rings. The zero-order valence-electron chi connectivity index (χ0n) is 11.1. The second-order valence-electron chi connectivity index (χ2n) is 5.14. The van der Waals surface area contributed by atoms with Crippen LogP contribution >= 0.6 is 0 Å². The molecule has 0 aliphatic carbocycles. The molecule has 1 aromatic heterocycles. The topological polar surface area (TPSA) is 53.1 Å². The molecule has 1 saturated heterocycles. The van der Waals surface area contributed by atoms with Crippen LogP contribution in [-0.2, 0) is 4.74 Å². The molecule has 4 nitrogen and oxygen atoms in total. The highest BCUT2D eigenvalue weighted by atomic mass is 16.5. The molecule has 19 heavy (non-hydrogen) atoms. The van der Waals surface area contributed by atoms with Crippen LogP contribution in [0, 0.1) is 0 Å². The number of aromatic nitrogens is 2. The number of para-hydroxylation sites is 1. The van der Waals surface area contributed by atoms with Gasteiger partial charge in [0.1, 0.15) is 0 Å². The van der Waals surface area contributed by atoms with E-state index in [0.717, 1.165) is 24.1 Å². The van der Waals surface area contributed by atoms with Gasteiger partial charge in [0.2, 0.25) is 0 Å². The van der Waals surface area contributed by atoms with Crippen LogP contribution in [0.2, 0.25) is 0 Å². The Bertz CT molecular complexity index is 537. The van der Waals surface area contributed by atoms with Gasteiger partial charge in [0.15, 0.2) is 0 Å². The first-order valence-electron chi connectivity index (χ1n) is 6.75. The van der Waals surface area contributed by atoms with Crippen molar-refractivity contribution in [2.45, 2.75) is 38.0 Å². The molecular formula is C15H19N3O. The Labute approximate surface area is 113 Å². The maximum Gasteiger partial charge on any atom is 0.0773 e. The first kappa shape index (κ1) is 12.4. The number of benzene rings is 1. The summed E-state index contributed by atoms with van der Waals surface area (Å²) < 4.78 is 7.69. The number of ether oxygens (including phenoxy) is 1. The molecule has 3 rings (SSSR count). The standard InChI is InChI=1S/C15H19N3O/c1-11-7-8-14(19-11)15(16)12-9-17-18(10-12)13-5-3-2-4-6-13/h2-6,9-11,14-15H,7-8,16H2,1H3. The van der Waals surface area contributed by atoms with E-state index in [1.54, 1.807) is 0 Å². The van der Waals surface area contributed by atoms with Crippen molar-refractivity contribution in [3.63, 3.8) is 0 Å². The molecule has 0 bridgehead atoms. The maximum absolute atomic E-state index is 6.28. The zero-order chi connectivity index (χ0) is 13.2. The molecule has 0 amide bonds. The molecule has 1 aliphatic rings. The largest absolute Gasteiger partial charge is 0.373 e. The lowest BCUT2D eigenvalue weighted by molar-refractivity contribution is 0.0401. The fraction of sp³-hybridized carbons (Fsp3) is 0.400. The van der Waals surface area contributed by atoms with Gasteiger partial charge in [0, 0.05) is 11.8 Å². The van der Waals surface area contributed by atoms with Crippen LogP contribution in [0.5, 0.6) is 0 Å². The Hall–Kier alpha value is -1.65. The molecule has 1 aliphatic heterocycles. The average molecular weight is 257 g/mol. The van der Waals surface area contributed by atoms with E-state index in [1.807, 2.05) is 47.4 Å². The molecule has 100 valence electrons. The first-order valence-corrected chi connectivity index (χ1v) is 6.75. The monoisotopic (exact) mass is 257 g/mol. The number of rotatable bonds is 3. The molecule has 2 heterocycles. The number of hydrogen-bond donors (Lipinski definition) is 1. The lowest BCUT2D eigenvalue weighted by Gasteiger charge is -2.17. The normalized spacial score (nSPS) is 24.5. The van der Waals surface area contributed by atoms with Gasteiger partial charge >= 0.3 is 0 Å². The minimum absolute atomic E-state index is 0.0950. The molecule has 1 aromatic carbocycles. The van der Waals surface area contributed by atoms with E-state index < -0.39 is 0 Å². The van der Waals surface area contributed by atoms with Gasteiger partial charge in [-0.15, -0.1) is 0 Å². The van der Waals surface area contributed by atoms with Crippen LogP contribution in [0.15, 0.2) is 42.7 Å². The predicted octanol–water partition coefficient (Wildman–Crippen LogP) is 2.44. The predicted molar refractivity (Wildman–Crippen MR) is 74.1 cm³/mol. The fourth-order valence-corrected chi connectivity index (χ4v) is 2.54. The van der Waals surface area contributed by atoms with E-state index in [2.05, 4.69) is 12.0 Å². The van der Waals surface area contributed by atoms with Crippen molar-refractivity contribution in [3.8, 4) is 5.69 Å². The average Bonchev–Trinajstić information content (AvgIpc) is 3.08. The Morgan fingerprint density at radius 2 is 2.11 bits per heavy atom. The zero-order valence-corrected chi connectivity index (χ0v) is 11.1. The van der Waals surface area contributed by atoms with E-state index in [0.29, 0.717) is 6.10 Å². The lowest BCUT2D eigenvalue weighted by Crippen LogP contribution is -2.25. The van der Waals surface area contributed by atoms with E-state index in [4.69, 9.17) is 10.5 Å². The molecule has 0 radical (unpaired) electrons. The van der Waals surface area contributed by atoms with Crippen molar-refractivity contribution in [2.75, 3.05) is 0 Å². The summed E-state index contributed by atoms with van der Waals surface area (Å²) in [6, 6.07) is 9.94. The summed E-state index contributed by atoms with van der Waals surface area (Å²) in [4.78, 5) is 0. The summed E-state index contributed by atoms with van der Waals surface area (Å²) in [5.41, 5.74) is 8.35. The van der Waals surface area contributed by atoms with Gasteiger partial charge in [0.25, 0.3) is 0 Å². The molecule has 0 saturated carbocycles. The first-order chi connectivity index (χ1) is 9.24. The molecule has 0 spiro atoms. The summed E-state index contributed by atoms with van der Waals surface area (Å²) in [7, 11) is 0. The van der Waals surface area contributed by atoms with Crippen LogP contribution in [0.25, 0.3) is 5.69 Å². The van der Waals surface area contributed by atoms with Gasteiger partial charge < -0.3 is 10.5 Å². The van der Waals surface area contributed by atoms with Crippen molar-refractivity contribution in [3.05, 3.63) is 48.3 Å². The van der Waals surface area contributed by atoms with Gasteiger partial charge in [-0.3, -0.25) is 0 Å². The van der Waals surface area contributed by atoms with Crippen LogP contribution in [0.4, 0.5) is 0 Å². The van der Waals surface area contributed by atoms with Crippen LogP contribution in [0.1, 0.15) is 31.4 Å². The second kappa shape index (κ2) is 5.15. The molecular weight excluding hydrogens is 238 g/mol. The third-order valence-corrected chi connectivity index (χ3v) is 3.67. The lowest BCUT2D eigenvalue weighted by atomic mass is 10.0. The van der Waals surface area contributed by atoms with Gasteiger partial charge in [-0.05, 0) is 31.9 Å². The van der Waals surface area contributed by atoms with Crippen molar-refractivity contribution < 1.29 is 4.74 Å². The highest BCUT2D eigenvalue weighted by Crippen LogP contribution is 2.28. The Morgan fingerprint density at radius 3 is 2.79 bits per heavy atom. The van der Waals surface area contributed by atoms with Crippen molar-refractivity contribution >= 4 is 0 Å². The quantitative estimate of drug-likeness (QED) is 0.918. The van der Waals surface area contributed by atoms with Gasteiger partial charge in [-0.2, -0.15) is 5.10 Å². The number of nitrogens with two attached hydrogens (primary N) is 1. The third-order valence-electron chi connectivity index (χ3n) is 3.67. The molecule has 3 atom stereocenters. The Kier molecular flexibility index (Phi) is 3.36. The minimum Gasteiger partial charge on any atom is -0.373 e. The summed E-state index contributed by atoms with van der Waals surface area (Å²) in [6.45, 7) is 2.10. The SMILES string of the molecule is CC1CCC(C(N)c2cnn(-c3ccccc3)c2)O1. The number of hydrogen-bond acceptors (Lipinski definition) is 3. The molecule has 3 unspecified atom stereocenters. The van der Waals surface area contributed by atoms with Crippen molar-refractivity contribution in [2.24, 2.45) is 5.73 Å². The Morgan fingerprint density at radius 1 is 1.32 bits per heavy atom. The van der Waals surface area contributed by atoms with E-state index in [-0.39, 0.29) is 12.1 Å². The van der Waals surface area contributed by atoms with Gasteiger partial charge in [-0.1, -0.05) is 18.2 Å². The van der Waals surface area contributed by atoms with Crippen LogP contribution in [0.3, 0.4) is 0 Å². The summed E-state index contributed by atoms with van der Waals surface area (Å²) >= 11 is 0. The van der Waals surface area contributed by atoms with Crippen LogP contribution < -0.4 is 5.73 Å². The van der Waals surface area contributed by atoms with E-state index >= 15 is 0 Å². The summed E-state index contributed by atoms with van der Waals surface area (Å²) in [5.74, 6) is 0. The van der Waals surface area contributed by atoms with Crippen LogP contribution in [-0.4, -0.2) is 22.0 Å². The van der Waals surface area contributed by atoms with Crippen molar-refractivity contribution in [1.82, 2.24) is 9.78 Å². The summed E-state index contributed by atoms with van der Waals surface area (Å²) in [5, 5.41) is 4.38. The maximum atomic E-state index is 6.28. The van der Waals surface area contributed by atoms with Crippen molar-refractivity contribution in [1.29, 1.82) is 0 Å². The van der Waals surface area contributed by atoms with E-state index in [9.17, 15) is 0 Å². The minimum atomic E-state index is -0.0950. The van der Waals surface area contributed by atoms with Gasteiger partial charge in [-0.25, -0.2) is 4.68 Å². The number of nitrogens with zero attached hydrogens (tertiary/aromatic N) is 2. The highest BCUT2D eigenvalue weighted by Gasteiger charge is 2.28. The highest BCUT2D eigenvalue weighted by molar-refractivity contribution is 5.31. The molecule has 4 heteroatoms.